The maximum atomic E-state index is 15.0. The molecule has 1 unspecified atom stereocenters. The van der Waals surface area contributed by atoms with Crippen LogP contribution in [0, 0.1) is 0 Å². The summed E-state index contributed by atoms with van der Waals surface area (Å²) in [5, 5.41) is 12.8. The number of aliphatic carboxylic acids is 1. The Bertz CT molecular complexity index is 751. The fourth-order valence-electron chi connectivity index (χ4n) is 4.16. The standard InChI is InChI=1S/C20H29FN4O3.C2H6/c1-12-3-4-16-18(20(27)28)17(26)11-14(22)19(21)15(7-10-25(12)16)23-13-5-8-24(2)9-6-13;1-2/h7,12-13,23H,3-6,8-11,22H2,1-2H3,(H,27,28);1-2H3/b15-7+,18-16+,19-14-;. The van der Waals surface area contributed by atoms with Gasteiger partial charge in [-0.1, -0.05) is 13.8 Å². The van der Waals surface area contributed by atoms with Crippen molar-refractivity contribution in [2.45, 2.75) is 65.0 Å². The summed E-state index contributed by atoms with van der Waals surface area (Å²) in [5.41, 5.74) is 6.20. The Morgan fingerprint density at radius 1 is 1.27 bits per heavy atom. The number of nitrogens with zero attached hydrogens (tertiary/aromatic N) is 2. The molecule has 168 valence electrons. The van der Waals surface area contributed by atoms with Gasteiger partial charge in [0.05, 0.1) is 17.8 Å². The number of nitrogens with one attached hydrogen (secondary N) is 1. The van der Waals surface area contributed by atoms with E-state index in [-0.39, 0.29) is 23.4 Å². The summed E-state index contributed by atoms with van der Waals surface area (Å²) in [6, 6.07) is 0.224. The number of carboxylic acids is 1. The number of rotatable bonds is 3. The lowest BCUT2D eigenvalue weighted by Crippen LogP contribution is -2.41. The average molecular weight is 423 g/mol. The molecule has 2 fully saturated rings. The zero-order valence-corrected chi connectivity index (χ0v) is 18.5. The Labute approximate surface area is 178 Å². The first-order valence-corrected chi connectivity index (χ1v) is 10.8. The highest BCUT2D eigenvalue weighted by molar-refractivity contribution is 6.17. The summed E-state index contributed by atoms with van der Waals surface area (Å²) in [6.45, 7) is 8.18. The van der Waals surface area contributed by atoms with Gasteiger partial charge in [0.1, 0.15) is 5.57 Å². The lowest BCUT2D eigenvalue weighted by Gasteiger charge is -2.31. The molecule has 0 aliphatic carbocycles. The molecule has 4 N–H and O–H groups in total. The van der Waals surface area contributed by atoms with Crippen LogP contribution in [-0.4, -0.2) is 65.4 Å². The van der Waals surface area contributed by atoms with Gasteiger partial charge in [-0.15, -0.1) is 0 Å². The number of nitrogens with two attached hydrogens (primary N) is 1. The minimum atomic E-state index is -1.28. The van der Waals surface area contributed by atoms with Gasteiger partial charge in [0.15, 0.2) is 11.6 Å². The van der Waals surface area contributed by atoms with Crippen molar-refractivity contribution in [1.29, 1.82) is 0 Å². The molecule has 3 rings (SSSR count). The van der Waals surface area contributed by atoms with Gasteiger partial charge in [0.2, 0.25) is 0 Å². The molecule has 0 aromatic heterocycles. The first-order chi connectivity index (χ1) is 14.3. The average Bonchev–Trinajstić information content (AvgIpc) is 3.07. The van der Waals surface area contributed by atoms with E-state index >= 15 is 4.39 Å². The van der Waals surface area contributed by atoms with Crippen LogP contribution >= 0.6 is 0 Å². The number of carbonyl (C=O) groups excluding carboxylic acids is 1. The molecule has 0 aromatic rings. The molecule has 0 saturated carbocycles. The molecule has 1 atom stereocenters. The number of ketones is 1. The minimum absolute atomic E-state index is 0.0850. The van der Waals surface area contributed by atoms with E-state index in [0.717, 1.165) is 32.4 Å². The highest BCUT2D eigenvalue weighted by Gasteiger charge is 2.33. The molecule has 7 nitrogen and oxygen atoms in total. The lowest BCUT2D eigenvalue weighted by atomic mass is 10.0. The Hall–Kier alpha value is -2.35. The first-order valence-electron chi connectivity index (χ1n) is 10.8. The molecule has 3 aliphatic heterocycles. The maximum absolute atomic E-state index is 15.0. The first kappa shape index (κ1) is 23.9. The fourth-order valence-corrected chi connectivity index (χ4v) is 4.16. The van der Waals surface area contributed by atoms with Crippen LogP contribution in [0.25, 0.3) is 0 Å². The van der Waals surface area contributed by atoms with E-state index in [1.54, 1.807) is 6.08 Å². The molecule has 0 amide bonds. The number of piperidine rings is 1. The second-order valence-electron chi connectivity index (χ2n) is 7.95. The fraction of sp³-hybridized carbons (Fsp3) is 0.636. The molecule has 30 heavy (non-hydrogen) atoms. The molecule has 0 aromatic carbocycles. The Morgan fingerprint density at radius 3 is 2.50 bits per heavy atom. The van der Waals surface area contributed by atoms with Gasteiger partial charge in [-0.3, -0.25) is 4.79 Å². The zero-order chi connectivity index (χ0) is 22.4. The van der Waals surface area contributed by atoms with Crippen LogP contribution in [-0.2, 0) is 9.59 Å². The topological polar surface area (TPSA) is 98.9 Å². The van der Waals surface area contributed by atoms with Gasteiger partial charge in [0.25, 0.3) is 0 Å². The summed E-state index contributed by atoms with van der Waals surface area (Å²) < 4.78 is 15.0. The van der Waals surface area contributed by atoms with Gasteiger partial charge >= 0.3 is 5.97 Å². The van der Waals surface area contributed by atoms with Crippen LogP contribution in [0.5, 0.6) is 0 Å². The summed E-state index contributed by atoms with van der Waals surface area (Å²) in [5.74, 6) is -2.58. The molecule has 0 bridgehead atoms. The van der Waals surface area contributed by atoms with Gasteiger partial charge < -0.3 is 26.0 Å². The van der Waals surface area contributed by atoms with Crippen LogP contribution in [0.15, 0.2) is 34.6 Å². The number of likely N-dealkylation sites (tertiary alicyclic amines) is 1. The van der Waals surface area contributed by atoms with Crippen LogP contribution in [0.3, 0.4) is 0 Å². The van der Waals surface area contributed by atoms with Crippen molar-refractivity contribution in [3.8, 4) is 0 Å². The highest BCUT2D eigenvalue weighted by atomic mass is 19.1. The number of hydrogen-bond donors (Lipinski definition) is 3. The molecule has 3 heterocycles. The number of carbonyl (C=O) groups is 2. The SMILES string of the molecule is CC.CC1CC/C2=C(\C(=O)O)C(=O)C/C(N)=C(F)\C(NC3CCN(C)CC3)=C/CN21. The van der Waals surface area contributed by atoms with Crippen molar-refractivity contribution < 1.29 is 19.1 Å². The van der Waals surface area contributed by atoms with Crippen LogP contribution in [0.4, 0.5) is 4.39 Å². The van der Waals surface area contributed by atoms with Gasteiger partial charge in [-0.05, 0) is 58.8 Å². The van der Waals surface area contributed by atoms with Gasteiger partial charge in [-0.25, -0.2) is 9.18 Å². The molecule has 0 radical (unpaired) electrons. The quantitative estimate of drug-likeness (QED) is 0.601. The Balaban J connectivity index is 0.00000155. The van der Waals surface area contributed by atoms with Gasteiger partial charge in [0, 0.05) is 24.3 Å². The number of allylic oxidation sites excluding steroid dienone is 3. The summed E-state index contributed by atoms with van der Waals surface area (Å²) in [6.07, 6.45) is 4.37. The lowest BCUT2D eigenvalue weighted by molar-refractivity contribution is -0.134. The third-order valence-corrected chi connectivity index (χ3v) is 5.90. The van der Waals surface area contributed by atoms with E-state index < -0.39 is 24.0 Å². The summed E-state index contributed by atoms with van der Waals surface area (Å²) in [4.78, 5) is 28.5. The van der Waals surface area contributed by atoms with Crippen LogP contribution in [0.2, 0.25) is 0 Å². The van der Waals surface area contributed by atoms with Crippen molar-refractivity contribution in [2.75, 3.05) is 26.7 Å². The summed E-state index contributed by atoms with van der Waals surface area (Å²) in [7, 11) is 2.06. The minimum Gasteiger partial charge on any atom is -0.477 e. The van der Waals surface area contributed by atoms with E-state index in [2.05, 4.69) is 17.3 Å². The van der Waals surface area contributed by atoms with Crippen LogP contribution < -0.4 is 11.1 Å². The largest absolute Gasteiger partial charge is 0.477 e. The van der Waals surface area contributed by atoms with Crippen molar-refractivity contribution in [1.82, 2.24) is 15.1 Å². The van der Waals surface area contributed by atoms with Crippen molar-refractivity contribution in [3.05, 3.63) is 34.6 Å². The zero-order valence-electron chi connectivity index (χ0n) is 18.5. The third kappa shape index (κ3) is 5.41. The normalized spacial score (nSPS) is 30.7. The van der Waals surface area contributed by atoms with E-state index in [4.69, 9.17) is 5.73 Å². The van der Waals surface area contributed by atoms with Crippen molar-refractivity contribution in [2.24, 2.45) is 5.73 Å². The smallest absolute Gasteiger partial charge is 0.341 e. The highest BCUT2D eigenvalue weighted by Crippen LogP contribution is 2.32. The number of carboxylic acid groups (broad SMARTS) is 1. The predicted octanol–water partition coefficient (Wildman–Crippen LogP) is 2.52. The summed E-state index contributed by atoms with van der Waals surface area (Å²) >= 11 is 0. The molecule has 8 heteroatoms. The van der Waals surface area contributed by atoms with Crippen molar-refractivity contribution >= 4 is 11.8 Å². The van der Waals surface area contributed by atoms with Gasteiger partial charge in [-0.2, -0.15) is 0 Å². The number of hydrogen-bond acceptors (Lipinski definition) is 6. The molecular weight excluding hydrogens is 387 g/mol. The molecule has 2 saturated heterocycles. The van der Waals surface area contributed by atoms with E-state index in [1.165, 1.54) is 0 Å². The second-order valence-corrected chi connectivity index (χ2v) is 7.95. The predicted molar refractivity (Wildman–Crippen MR) is 115 cm³/mol. The number of Topliss-reactive ketones (excluding diaryl/α,β-unsaturated/α-hetero) is 1. The third-order valence-electron chi connectivity index (χ3n) is 5.90. The monoisotopic (exact) mass is 422 g/mol. The molecular formula is C22H35FN4O3. The second kappa shape index (κ2) is 10.6. The molecule has 0 spiro atoms. The van der Waals surface area contributed by atoms with Crippen LogP contribution in [0.1, 0.15) is 52.9 Å². The number of fused-ring (bicyclic) bond motifs is 1. The van der Waals surface area contributed by atoms with E-state index in [1.807, 2.05) is 25.7 Å². The van der Waals surface area contributed by atoms with Crippen molar-refractivity contribution in [3.63, 3.8) is 0 Å². The Kier molecular flexibility index (Phi) is 8.46. The van der Waals surface area contributed by atoms with E-state index in [0.29, 0.717) is 24.4 Å². The maximum Gasteiger partial charge on any atom is 0.341 e. The van der Waals surface area contributed by atoms with E-state index in [9.17, 15) is 14.7 Å². The molecule has 3 aliphatic rings. The number of halogens is 1. The Morgan fingerprint density at radius 2 is 1.90 bits per heavy atom.